The molecule has 1 aliphatic rings. The van der Waals surface area contributed by atoms with E-state index in [9.17, 15) is 29.3 Å². The molecule has 2 amide bonds. The maximum Gasteiger partial charge on any atom is 0.340 e. The first-order valence-electron chi connectivity index (χ1n) is 9.50. The highest BCUT2D eigenvalue weighted by Gasteiger charge is 2.43. The Morgan fingerprint density at radius 2 is 1.64 bits per heavy atom. The standard InChI is InChI=1S/C23H13BrN2O7/c24-14-10-8-13(9-11-14)19(27)12-33-23(30)15-4-1-2-6-17(15)25-21(28)16-5-3-7-18(26(31)32)20(16)22(25)29/h1-11H,12H2. The molecule has 3 aromatic rings. The van der Waals surface area contributed by atoms with Crippen molar-refractivity contribution in [2.24, 2.45) is 0 Å². The summed E-state index contributed by atoms with van der Waals surface area (Å²) in [6.07, 6.45) is 0. The van der Waals surface area contributed by atoms with Crippen molar-refractivity contribution in [3.8, 4) is 0 Å². The molecule has 33 heavy (non-hydrogen) atoms. The number of carbonyl (C=O) groups excluding carboxylic acids is 4. The minimum absolute atomic E-state index is 0.0981. The Kier molecular flexibility index (Phi) is 5.84. The highest BCUT2D eigenvalue weighted by atomic mass is 79.9. The van der Waals surface area contributed by atoms with E-state index in [2.05, 4.69) is 15.9 Å². The van der Waals surface area contributed by atoms with Crippen LogP contribution in [0.5, 0.6) is 0 Å². The van der Waals surface area contributed by atoms with Gasteiger partial charge in [-0.15, -0.1) is 0 Å². The van der Waals surface area contributed by atoms with Crippen molar-refractivity contribution in [1.82, 2.24) is 0 Å². The predicted octanol–water partition coefficient (Wildman–Crippen LogP) is 4.20. The van der Waals surface area contributed by atoms with Crippen LogP contribution in [-0.4, -0.2) is 35.1 Å². The second kappa shape index (κ2) is 8.75. The van der Waals surface area contributed by atoms with Crippen LogP contribution in [-0.2, 0) is 4.74 Å². The largest absolute Gasteiger partial charge is 0.454 e. The number of hydrogen-bond donors (Lipinski definition) is 0. The molecule has 0 aromatic heterocycles. The van der Waals surface area contributed by atoms with Crippen LogP contribution in [0.2, 0.25) is 0 Å². The predicted molar refractivity (Wildman–Crippen MR) is 119 cm³/mol. The van der Waals surface area contributed by atoms with Crippen molar-refractivity contribution in [2.45, 2.75) is 0 Å². The van der Waals surface area contributed by atoms with Gasteiger partial charge in [-0.2, -0.15) is 0 Å². The molecule has 164 valence electrons. The molecule has 0 saturated carbocycles. The number of imide groups is 1. The van der Waals surface area contributed by atoms with Gasteiger partial charge in [-0.05, 0) is 30.3 Å². The number of para-hydroxylation sites is 1. The quantitative estimate of drug-likeness (QED) is 0.160. The third-order valence-electron chi connectivity index (χ3n) is 4.96. The summed E-state index contributed by atoms with van der Waals surface area (Å²) in [5, 5.41) is 11.3. The number of rotatable bonds is 6. The van der Waals surface area contributed by atoms with Gasteiger partial charge in [0.25, 0.3) is 17.5 Å². The zero-order valence-corrected chi connectivity index (χ0v) is 18.3. The molecule has 3 aromatic carbocycles. The zero-order chi connectivity index (χ0) is 23.7. The maximum atomic E-state index is 13.0. The summed E-state index contributed by atoms with van der Waals surface area (Å²) in [6, 6.07) is 15.9. The summed E-state index contributed by atoms with van der Waals surface area (Å²) in [5.41, 5.74) is -0.887. The Morgan fingerprint density at radius 1 is 0.939 bits per heavy atom. The second-order valence-corrected chi connectivity index (χ2v) is 7.84. The van der Waals surface area contributed by atoms with Crippen molar-refractivity contribution in [2.75, 3.05) is 11.5 Å². The number of Topliss-reactive ketones (excluding diaryl/α,β-unsaturated/α-hetero) is 1. The normalized spacial score (nSPS) is 12.5. The number of carbonyl (C=O) groups is 4. The van der Waals surface area contributed by atoms with Crippen LogP contribution in [0.1, 0.15) is 41.4 Å². The molecule has 0 spiro atoms. The molecule has 0 fully saturated rings. The summed E-state index contributed by atoms with van der Waals surface area (Å²) in [5.74, 6) is -3.09. The topological polar surface area (TPSA) is 124 Å². The lowest BCUT2D eigenvalue weighted by Crippen LogP contribution is -2.31. The first-order chi connectivity index (χ1) is 15.8. The minimum atomic E-state index is -0.929. The first-order valence-corrected chi connectivity index (χ1v) is 10.3. The lowest BCUT2D eigenvalue weighted by Gasteiger charge is -2.17. The third-order valence-corrected chi connectivity index (χ3v) is 5.48. The second-order valence-electron chi connectivity index (χ2n) is 6.93. The molecular formula is C23H13BrN2O7. The van der Waals surface area contributed by atoms with Crippen LogP contribution in [0.4, 0.5) is 11.4 Å². The van der Waals surface area contributed by atoms with E-state index in [1.54, 1.807) is 24.3 Å². The first kappa shape index (κ1) is 22.0. The van der Waals surface area contributed by atoms with Crippen LogP contribution in [0.25, 0.3) is 0 Å². The fraction of sp³-hybridized carbons (Fsp3) is 0.0435. The number of ether oxygens (including phenoxy) is 1. The molecule has 9 nitrogen and oxygen atoms in total. The Morgan fingerprint density at radius 3 is 2.33 bits per heavy atom. The molecular weight excluding hydrogens is 496 g/mol. The number of esters is 1. The van der Waals surface area contributed by atoms with Crippen molar-refractivity contribution in [1.29, 1.82) is 0 Å². The molecule has 0 N–H and O–H groups in total. The molecule has 0 atom stereocenters. The summed E-state index contributed by atoms with van der Waals surface area (Å²) in [7, 11) is 0. The summed E-state index contributed by atoms with van der Waals surface area (Å²) in [6.45, 7) is -0.553. The van der Waals surface area contributed by atoms with Gasteiger partial charge < -0.3 is 4.74 Å². The van der Waals surface area contributed by atoms with Crippen LogP contribution >= 0.6 is 15.9 Å². The molecule has 0 unspecified atom stereocenters. The third kappa shape index (κ3) is 4.03. The van der Waals surface area contributed by atoms with Gasteiger partial charge >= 0.3 is 5.97 Å². The minimum Gasteiger partial charge on any atom is -0.454 e. The van der Waals surface area contributed by atoms with E-state index in [1.165, 1.54) is 36.4 Å². The van der Waals surface area contributed by atoms with Gasteiger partial charge in [-0.3, -0.25) is 24.5 Å². The average Bonchev–Trinajstić information content (AvgIpc) is 3.07. The molecule has 1 aliphatic heterocycles. The van der Waals surface area contributed by atoms with Crippen molar-refractivity contribution in [3.63, 3.8) is 0 Å². The van der Waals surface area contributed by atoms with Gasteiger partial charge in [0.05, 0.1) is 21.7 Å². The molecule has 0 saturated heterocycles. The number of nitro groups is 1. The van der Waals surface area contributed by atoms with Crippen molar-refractivity contribution >= 4 is 50.9 Å². The lowest BCUT2D eigenvalue weighted by atomic mass is 10.1. The average molecular weight is 509 g/mol. The summed E-state index contributed by atoms with van der Waals surface area (Å²) >= 11 is 3.27. The number of nitrogens with zero attached hydrogens (tertiary/aromatic N) is 2. The van der Waals surface area contributed by atoms with Gasteiger partial charge in [0.15, 0.2) is 12.4 Å². The van der Waals surface area contributed by atoms with Gasteiger partial charge in [0.2, 0.25) is 0 Å². The van der Waals surface area contributed by atoms with Gasteiger partial charge in [0.1, 0.15) is 5.56 Å². The Hall–Kier alpha value is -4.18. The van der Waals surface area contributed by atoms with E-state index in [0.717, 1.165) is 10.5 Å². The van der Waals surface area contributed by atoms with E-state index in [4.69, 9.17) is 4.74 Å². The molecule has 0 bridgehead atoms. The number of nitro benzene ring substituents is 1. The Balaban J connectivity index is 1.61. The number of benzene rings is 3. The van der Waals surface area contributed by atoms with Crippen LogP contribution in [0.15, 0.2) is 71.2 Å². The van der Waals surface area contributed by atoms with Crippen LogP contribution < -0.4 is 4.90 Å². The number of halogens is 1. The van der Waals surface area contributed by atoms with Crippen molar-refractivity contribution in [3.05, 3.63) is 104 Å². The van der Waals surface area contributed by atoms with Gasteiger partial charge in [-0.25, -0.2) is 9.69 Å². The number of ketones is 1. The smallest absolute Gasteiger partial charge is 0.340 e. The highest BCUT2D eigenvalue weighted by molar-refractivity contribution is 9.10. The van der Waals surface area contributed by atoms with Gasteiger partial charge in [-0.1, -0.05) is 46.3 Å². The van der Waals surface area contributed by atoms with Crippen molar-refractivity contribution < 1.29 is 28.8 Å². The number of hydrogen-bond acceptors (Lipinski definition) is 7. The monoisotopic (exact) mass is 508 g/mol. The van der Waals surface area contributed by atoms with E-state index in [0.29, 0.717) is 10.5 Å². The van der Waals surface area contributed by atoms with E-state index in [-0.39, 0.29) is 22.4 Å². The van der Waals surface area contributed by atoms with E-state index < -0.39 is 40.8 Å². The van der Waals surface area contributed by atoms with Crippen LogP contribution in [0, 0.1) is 10.1 Å². The summed E-state index contributed by atoms with van der Waals surface area (Å²) in [4.78, 5) is 62.2. The molecule has 0 aliphatic carbocycles. The zero-order valence-electron chi connectivity index (χ0n) is 16.7. The fourth-order valence-corrected chi connectivity index (χ4v) is 3.67. The Bertz CT molecular complexity index is 1330. The number of fused-ring (bicyclic) bond motifs is 1. The lowest BCUT2D eigenvalue weighted by molar-refractivity contribution is -0.385. The molecule has 10 heteroatoms. The Labute approximate surface area is 194 Å². The fourth-order valence-electron chi connectivity index (χ4n) is 3.41. The molecule has 1 heterocycles. The SMILES string of the molecule is O=C(COC(=O)c1ccccc1N1C(=O)c2cccc([N+](=O)[O-])c2C1=O)c1ccc(Br)cc1. The highest BCUT2D eigenvalue weighted by Crippen LogP contribution is 2.35. The summed E-state index contributed by atoms with van der Waals surface area (Å²) < 4.78 is 5.91. The van der Waals surface area contributed by atoms with E-state index >= 15 is 0 Å². The number of anilines is 1. The van der Waals surface area contributed by atoms with Gasteiger partial charge in [0, 0.05) is 16.1 Å². The number of amides is 2. The molecule has 0 radical (unpaired) electrons. The molecule has 4 rings (SSSR count). The maximum absolute atomic E-state index is 13.0. The van der Waals surface area contributed by atoms with Crippen LogP contribution in [0.3, 0.4) is 0 Å². The van der Waals surface area contributed by atoms with E-state index in [1.807, 2.05) is 0 Å².